The van der Waals surface area contributed by atoms with Crippen LogP contribution in [-0.4, -0.2) is 49.8 Å². The van der Waals surface area contributed by atoms with Crippen molar-refractivity contribution in [2.45, 2.75) is 32.5 Å². The Kier molecular flexibility index (Phi) is 4.32. The normalized spacial score (nSPS) is 16.7. The fourth-order valence-corrected chi connectivity index (χ4v) is 3.81. The smallest absolute Gasteiger partial charge is 0.356 e. The molecule has 2 amide bonds. The molecule has 2 aromatic rings. The molecule has 2 aliphatic rings. The molecular formula is C18H19ClN4O3. The third-order valence-electron chi connectivity index (χ3n) is 4.95. The Labute approximate surface area is 155 Å². The van der Waals surface area contributed by atoms with E-state index in [0.29, 0.717) is 37.7 Å². The van der Waals surface area contributed by atoms with E-state index in [1.807, 2.05) is 23.1 Å². The van der Waals surface area contributed by atoms with Crippen molar-refractivity contribution in [2.24, 2.45) is 0 Å². The first kappa shape index (κ1) is 16.9. The number of fused-ring (bicyclic) bond motifs is 2. The highest BCUT2D eigenvalue weighted by atomic mass is 35.5. The van der Waals surface area contributed by atoms with Gasteiger partial charge in [0.15, 0.2) is 5.69 Å². The largest absolute Gasteiger partial charge is 0.476 e. The van der Waals surface area contributed by atoms with Gasteiger partial charge in [-0.15, -0.1) is 0 Å². The standard InChI is InChI=1S/C18H19ClN4O3/c19-14-3-2-12-4-7-22(10-13(12)8-14)18(26)21-5-1-6-23-15(11-21)9-16(20-23)17(24)25/h2-3,8-9H,1,4-7,10-11H2,(H,24,25). The summed E-state index contributed by atoms with van der Waals surface area (Å²) >= 11 is 6.09. The van der Waals surface area contributed by atoms with Crippen LogP contribution in [0.2, 0.25) is 5.02 Å². The van der Waals surface area contributed by atoms with Gasteiger partial charge in [0, 0.05) is 31.2 Å². The maximum Gasteiger partial charge on any atom is 0.356 e. The van der Waals surface area contributed by atoms with Gasteiger partial charge in [-0.2, -0.15) is 5.10 Å². The quantitative estimate of drug-likeness (QED) is 0.832. The second kappa shape index (κ2) is 6.64. The van der Waals surface area contributed by atoms with E-state index in [-0.39, 0.29) is 11.7 Å². The molecule has 1 aromatic heterocycles. The molecule has 3 heterocycles. The number of carboxylic acid groups (broad SMARTS) is 1. The van der Waals surface area contributed by atoms with Crippen LogP contribution in [0.3, 0.4) is 0 Å². The summed E-state index contributed by atoms with van der Waals surface area (Å²) in [5.41, 5.74) is 3.10. The third-order valence-corrected chi connectivity index (χ3v) is 5.19. The summed E-state index contributed by atoms with van der Waals surface area (Å²) in [4.78, 5) is 27.8. The fraction of sp³-hybridized carbons (Fsp3) is 0.389. The number of halogens is 1. The van der Waals surface area contributed by atoms with Gasteiger partial charge in [0.2, 0.25) is 0 Å². The molecule has 0 saturated carbocycles. The van der Waals surface area contributed by atoms with Gasteiger partial charge in [0.1, 0.15) is 0 Å². The minimum Gasteiger partial charge on any atom is -0.476 e. The zero-order valence-electron chi connectivity index (χ0n) is 14.2. The lowest BCUT2D eigenvalue weighted by Crippen LogP contribution is -2.45. The van der Waals surface area contributed by atoms with Gasteiger partial charge in [-0.25, -0.2) is 9.59 Å². The van der Waals surface area contributed by atoms with Crippen molar-refractivity contribution in [3.63, 3.8) is 0 Å². The van der Waals surface area contributed by atoms with Crippen molar-refractivity contribution in [3.8, 4) is 0 Å². The number of aryl methyl sites for hydroxylation is 1. The first-order chi connectivity index (χ1) is 12.5. The number of carbonyl (C=O) groups excluding carboxylic acids is 1. The molecule has 2 aliphatic heterocycles. The van der Waals surface area contributed by atoms with Crippen LogP contribution in [0.5, 0.6) is 0 Å². The zero-order valence-corrected chi connectivity index (χ0v) is 14.9. The molecule has 0 spiro atoms. The number of rotatable bonds is 1. The molecular weight excluding hydrogens is 356 g/mol. The molecule has 0 unspecified atom stereocenters. The first-order valence-corrected chi connectivity index (χ1v) is 9.00. The van der Waals surface area contributed by atoms with Crippen LogP contribution in [0.25, 0.3) is 0 Å². The van der Waals surface area contributed by atoms with Crippen LogP contribution in [0, 0.1) is 0 Å². The molecule has 0 radical (unpaired) electrons. The minimum absolute atomic E-state index is 0.0239. The number of carboxylic acids is 1. The highest BCUT2D eigenvalue weighted by Crippen LogP contribution is 2.24. The molecule has 7 nitrogen and oxygen atoms in total. The van der Waals surface area contributed by atoms with E-state index in [4.69, 9.17) is 16.7 Å². The Balaban J connectivity index is 1.52. The lowest BCUT2D eigenvalue weighted by molar-refractivity contribution is 0.0689. The van der Waals surface area contributed by atoms with E-state index >= 15 is 0 Å². The first-order valence-electron chi connectivity index (χ1n) is 8.62. The Morgan fingerprint density at radius 1 is 1.04 bits per heavy atom. The number of hydrogen-bond donors (Lipinski definition) is 1. The summed E-state index contributed by atoms with van der Waals surface area (Å²) in [7, 11) is 0. The topological polar surface area (TPSA) is 78.7 Å². The fourth-order valence-electron chi connectivity index (χ4n) is 3.62. The molecule has 0 saturated heterocycles. The summed E-state index contributed by atoms with van der Waals surface area (Å²) in [6.07, 6.45) is 1.56. The van der Waals surface area contributed by atoms with Crippen molar-refractivity contribution in [2.75, 3.05) is 13.1 Å². The van der Waals surface area contributed by atoms with Gasteiger partial charge in [0.05, 0.1) is 12.2 Å². The summed E-state index contributed by atoms with van der Waals surface area (Å²) < 4.78 is 1.70. The second-order valence-electron chi connectivity index (χ2n) is 6.69. The number of carbonyl (C=O) groups is 2. The summed E-state index contributed by atoms with van der Waals surface area (Å²) in [5, 5.41) is 13.9. The number of benzene rings is 1. The van der Waals surface area contributed by atoms with Crippen LogP contribution in [-0.2, 0) is 26.1 Å². The van der Waals surface area contributed by atoms with E-state index in [9.17, 15) is 9.59 Å². The van der Waals surface area contributed by atoms with Crippen molar-refractivity contribution in [3.05, 3.63) is 51.8 Å². The molecule has 4 rings (SSSR count). The van der Waals surface area contributed by atoms with E-state index in [0.717, 1.165) is 24.1 Å². The zero-order chi connectivity index (χ0) is 18.3. The molecule has 8 heteroatoms. The van der Waals surface area contributed by atoms with Crippen molar-refractivity contribution >= 4 is 23.6 Å². The number of hydrogen-bond acceptors (Lipinski definition) is 3. The van der Waals surface area contributed by atoms with Crippen LogP contribution in [0.15, 0.2) is 24.3 Å². The Morgan fingerprint density at radius 2 is 1.85 bits per heavy atom. The van der Waals surface area contributed by atoms with Gasteiger partial charge in [-0.1, -0.05) is 17.7 Å². The third kappa shape index (κ3) is 3.14. The molecule has 0 fully saturated rings. The lowest BCUT2D eigenvalue weighted by atomic mass is 10.0. The Hall–Kier alpha value is -2.54. The van der Waals surface area contributed by atoms with Crippen LogP contribution in [0.1, 0.15) is 33.7 Å². The van der Waals surface area contributed by atoms with Crippen molar-refractivity contribution < 1.29 is 14.7 Å². The Bertz CT molecular complexity index is 879. The maximum absolute atomic E-state index is 13.0. The lowest BCUT2D eigenvalue weighted by Gasteiger charge is -2.33. The number of nitrogens with zero attached hydrogens (tertiary/aromatic N) is 4. The molecule has 1 aromatic carbocycles. The highest BCUT2D eigenvalue weighted by molar-refractivity contribution is 6.30. The van der Waals surface area contributed by atoms with Gasteiger partial charge < -0.3 is 14.9 Å². The average Bonchev–Trinajstić information content (AvgIpc) is 2.92. The minimum atomic E-state index is -1.05. The summed E-state index contributed by atoms with van der Waals surface area (Å²) in [5.74, 6) is -1.05. The van der Waals surface area contributed by atoms with E-state index in [1.54, 1.807) is 15.6 Å². The predicted octanol–water partition coefficient (Wildman–Crippen LogP) is 2.62. The number of amides is 2. The molecule has 26 heavy (non-hydrogen) atoms. The van der Waals surface area contributed by atoms with Crippen LogP contribution >= 0.6 is 11.6 Å². The van der Waals surface area contributed by atoms with Crippen molar-refractivity contribution in [1.29, 1.82) is 0 Å². The number of aromatic carboxylic acids is 1. The Morgan fingerprint density at radius 3 is 2.65 bits per heavy atom. The maximum atomic E-state index is 13.0. The molecule has 1 N–H and O–H groups in total. The SMILES string of the molecule is O=C(O)c1cc2n(n1)CCCN(C(=O)N1CCc3ccc(Cl)cc3C1)C2. The molecule has 0 bridgehead atoms. The average molecular weight is 375 g/mol. The highest BCUT2D eigenvalue weighted by Gasteiger charge is 2.28. The van der Waals surface area contributed by atoms with Gasteiger partial charge in [-0.3, -0.25) is 4.68 Å². The van der Waals surface area contributed by atoms with E-state index in [1.165, 1.54) is 5.56 Å². The van der Waals surface area contributed by atoms with Gasteiger partial charge >= 0.3 is 12.0 Å². The molecule has 0 atom stereocenters. The van der Waals surface area contributed by atoms with Gasteiger partial charge in [-0.05, 0) is 42.2 Å². The van der Waals surface area contributed by atoms with E-state index < -0.39 is 5.97 Å². The number of aromatic nitrogens is 2. The molecule has 136 valence electrons. The predicted molar refractivity (Wildman–Crippen MR) is 95.2 cm³/mol. The summed E-state index contributed by atoms with van der Waals surface area (Å²) in [6.45, 7) is 2.83. The monoisotopic (exact) mass is 374 g/mol. The van der Waals surface area contributed by atoms with Gasteiger partial charge in [0.25, 0.3) is 0 Å². The van der Waals surface area contributed by atoms with Crippen molar-refractivity contribution in [1.82, 2.24) is 19.6 Å². The summed E-state index contributed by atoms with van der Waals surface area (Å²) in [6, 6.07) is 7.36. The van der Waals surface area contributed by atoms with Crippen LogP contribution < -0.4 is 0 Å². The van der Waals surface area contributed by atoms with Crippen LogP contribution in [0.4, 0.5) is 4.79 Å². The molecule has 0 aliphatic carbocycles. The number of urea groups is 1. The van der Waals surface area contributed by atoms with E-state index in [2.05, 4.69) is 5.10 Å². The second-order valence-corrected chi connectivity index (χ2v) is 7.13.